The van der Waals surface area contributed by atoms with Gasteiger partial charge >= 0.3 is 0 Å². The fourth-order valence-corrected chi connectivity index (χ4v) is 1.11. The second-order valence-electron chi connectivity index (χ2n) is 2.70. The van der Waals surface area contributed by atoms with E-state index in [0.717, 1.165) is 0 Å². The molecule has 0 bridgehead atoms. The highest BCUT2D eigenvalue weighted by Gasteiger charge is 2.08. The molecule has 1 aromatic heterocycles. The van der Waals surface area contributed by atoms with E-state index < -0.39 is 6.10 Å². The van der Waals surface area contributed by atoms with Gasteiger partial charge in [-0.15, -0.1) is 0 Å². The molecule has 1 rings (SSSR count). The summed E-state index contributed by atoms with van der Waals surface area (Å²) in [7, 11) is 0. The molecule has 72 valence electrons. The molecule has 0 fully saturated rings. The molecule has 1 unspecified atom stereocenters. The van der Waals surface area contributed by atoms with Crippen molar-refractivity contribution in [1.82, 2.24) is 5.32 Å². The van der Waals surface area contributed by atoms with Gasteiger partial charge in [0.05, 0.1) is 11.7 Å². The number of carbonyl (C=O) groups is 1. The highest BCUT2D eigenvalue weighted by atomic mass is 79.9. The third-order valence-electron chi connectivity index (χ3n) is 1.39. The van der Waals surface area contributed by atoms with E-state index in [2.05, 4.69) is 21.2 Å². The van der Waals surface area contributed by atoms with Gasteiger partial charge in [-0.3, -0.25) is 4.79 Å². The summed E-state index contributed by atoms with van der Waals surface area (Å²) in [5.41, 5.74) is 0.438. The van der Waals surface area contributed by atoms with Crippen molar-refractivity contribution in [3.05, 3.63) is 22.6 Å². The molecular weight excluding hydrogens is 238 g/mol. The van der Waals surface area contributed by atoms with Crippen molar-refractivity contribution < 1.29 is 14.3 Å². The van der Waals surface area contributed by atoms with Crippen LogP contribution >= 0.6 is 15.9 Å². The smallest absolute Gasteiger partial charge is 0.254 e. The lowest BCUT2D eigenvalue weighted by atomic mass is 10.3. The van der Waals surface area contributed by atoms with Crippen LogP contribution in [-0.4, -0.2) is 23.7 Å². The molecule has 0 aromatic carbocycles. The Kier molecular flexibility index (Phi) is 3.50. The van der Waals surface area contributed by atoms with Crippen molar-refractivity contribution >= 4 is 21.8 Å². The Morgan fingerprint density at radius 1 is 1.85 bits per heavy atom. The van der Waals surface area contributed by atoms with Crippen LogP contribution in [0.3, 0.4) is 0 Å². The van der Waals surface area contributed by atoms with Crippen LogP contribution in [0, 0.1) is 0 Å². The molecule has 13 heavy (non-hydrogen) atoms. The summed E-state index contributed by atoms with van der Waals surface area (Å²) >= 11 is 3.08. The molecule has 0 aliphatic carbocycles. The molecular formula is C8H10BrNO3. The zero-order chi connectivity index (χ0) is 9.84. The number of aliphatic hydroxyl groups is 1. The first-order chi connectivity index (χ1) is 6.09. The first-order valence-corrected chi connectivity index (χ1v) is 4.59. The van der Waals surface area contributed by atoms with Crippen LogP contribution in [0.4, 0.5) is 0 Å². The Morgan fingerprint density at radius 2 is 2.54 bits per heavy atom. The lowest BCUT2D eigenvalue weighted by Gasteiger charge is -2.04. The Morgan fingerprint density at radius 3 is 3.00 bits per heavy atom. The van der Waals surface area contributed by atoms with Crippen LogP contribution in [0.25, 0.3) is 0 Å². The van der Waals surface area contributed by atoms with Gasteiger partial charge in [0, 0.05) is 12.6 Å². The van der Waals surface area contributed by atoms with Gasteiger partial charge in [0.2, 0.25) is 0 Å². The minimum absolute atomic E-state index is 0.238. The topological polar surface area (TPSA) is 62.5 Å². The third kappa shape index (κ3) is 3.20. The van der Waals surface area contributed by atoms with Gasteiger partial charge in [-0.05, 0) is 22.9 Å². The molecule has 0 spiro atoms. The molecule has 0 aliphatic rings. The molecule has 0 aliphatic heterocycles. The van der Waals surface area contributed by atoms with Crippen molar-refractivity contribution in [3.8, 4) is 0 Å². The number of furan rings is 1. The number of hydrogen-bond donors (Lipinski definition) is 2. The third-order valence-corrected chi connectivity index (χ3v) is 1.80. The van der Waals surface area contributed by atoms with E-state index in [-0.39, 0.29) is 12.5 Å². The molecule has 1 aromatic rings. The molecule has 1 atom stereocenters. The summed E-state index contributed by atoms with van der Waals surface area (Å²) in [5.74, 6) is -0.254. The number of aliphatic hydroxyl groups excluding tert-OH is 1. The van der Waals surface area contributed by atoms with Crippen LogP contribution in [-0.2, 0) is 0 Å². The van der Waals surface area contributed by atoms with Crippen LogP contribution in [0.5, 0.6) is 0 Å². The summed E-state index contributed by atoms with van der Waals surface area (Å²) < 4.78 is 5.39. The zero-order valence-corrected chi connectivity index (χ0v) is 8.67. The van der Waals surface area contributed by atoms with Gasteiger partial charge in [0.15, 0.2) is 4.67 Å². The Bertz CT molecular complexity index is 295. The maximum absolute atomic E-state index is 11.3. The second kappa shape index (κ2) is 4.43. The molecule has 1 amide bonds. The van der Waals surface area contributed by atoms with E-state index in [0.29, 0.717) is 10.2 Å². The van der Waals surface area contributed by atoms with Crippen LogP contribution in [0.1, 0.15) is 17.3 Å². The summed E-state index contributed by atoms with van der Waals surface area (Å²) in [5, 5.41) is 11.4. The molecule has 4 nitrogen and oxygen atoms in total. The number of carbonyl (C=O) groups excluding carboxylic acids is 1. The summed E-state index contributed by atoms with van der Waals surface area (Å²) in [6, 6.07) is 1.57. The lowest BCUT2D eigenvalue weighted by Crippen LogP contribution is -2.30. The summed E-state index contributed by atoms with van der Waals surface area (Å²) in [4.78, 5) is 11.3. The van der Waals surface area contributed by atoms with Crippen LogP contribution < -0.4 is 5.32 Å². The van der Waals surface area contributed by atoms with Gasteiger partial charge in [0.1, 0.15) is 6.26 Å². The van der Waals surface area contributed by atoms with Gasteiger partial charge in [-0.2, -0.15) is 0 Å². The van der Waals surface area contributed by atoms with E-state index in [9.17, 15) is 4.79 Å². The fraction of sp³-hybridized carbons (Fsp3) is 0.375. The first kappa shape index (κ1) is 10.3. The number of hydrogen-bond acceptors (Lipinski definition) is 3. The van der Waals surface area contributed by atoms with Crippen molar-refractivity contribution in [2.45, 2.75) is 13.0 Å². The van der Waals surface area contributed by atoms with Gasteiger partial charge < -0.3 is 14.8 Å². The molecule has 0 saturated carbocycles. The van der Waals surface area contributed by atoms with E-state index in [4.69, 9.17) is 9.52 Å². The molecule has 2 N–H and O–H groups in total. The largest absolute Gasteiger partial charge is 0.457 e. The normalized spacial score (nSPS) is 12.5. The van der Waals surface area contributed by atoms with E-state index >= 15 is 0 Å². The fourth-order valence-electron chi connectivity index (χ4n) is 0.772. The lowest BCUT2D eigenvalue weighted by molar-refractivity contribution is 0.0923. The van der Waals surface area contributed by atoms with Gasteiger partial charge in [-0.25, -0.2) is 0 Å². The van der Waals surface area contributed by atoms with Crippen LogP contribution in [0.2, 0.25) is 0 Å². The maximum Gasteiger partial charge on any atom is 0.254 e. The van der Waals surface area contributed by atoms with E-state index in [1.807, 2.05) is 0 Å². The Hall–Kier alpha value is -0.810. The minimum atomic E-state index is -0.542. The quantitative estimate of drug-likeness (QED) is 0.843. The first-order valence-electron chi connectivity index (χ1n) is 3.80. The second-order valence-corrected chi connectivity index (χ2v) is 3.48. The predicted octanol–water partition coefficient (Wildman–Crippen LogP) is 1.15. The molecule has 0 saturated heterocycles. The number of halogens is 1. The van der Waals surface area contributed by atoms with Crippen molar-refractivity contribution in [2.24, 2.45) is 0 Å². The standard InChI is InChI=1S/C8H10BrNO3/c1-5(11)3-10-8(12)6-2-7(9)13-4-6/h2,4-5,11H,3H2,1H3,(H,10,12). The molecule has 0 radical (unpaired) electrons. The minimum Gasteiger partial charge on any atom is -0.457 e. The van der Waals surface area contributed by atoms with Gasteiger partial charge in [0.25, 0.3) is 5.91 Å². The molecule has 5 heteroatoms. The molecule has 1 heterocycles. The van der Waals surface area contributed by atoms with Gasteiger partial charge in [-0.1, -0.05) is 0 Å². The number of rotatable bonds is 3. The average Bonchev–Trinajstić information content (AvgIpc) is 2.47. The number of nitrogens with one attached hydrogen (secondary N) is 1. The van der Waals surface area contributed by atoms with Crippen molar-refractivity contribution in [3.63, 3.8) is 0 Å². The maximum atomic E-state index is 11.3. The SMILES string of the molecule is CC(O)CNC(=O)c1coc(Br)c1. The zero-order valence-electron chi connectivity index (χ0n) is 7.08. The highest BCUT2D eigenvalue weighted by Crippen LogP contribution is 2.13. The van der Waals surface area contributed by atoms with E-state index in [1.54, 1.807) is 13.0 Å². The summed E-state index contributed by atoms with van der Waals surface area (Å²) in [6.45, 7) is 1.84. The number of amides is 1. The highest BCUT2D eigenvalue weighted by molar-refractivity contribution is 9.10. The average molecular weight is 248 g/mol. The van der Waals surface area contributed by atoms with Crippen molar-refractivity contribution in [1.29, 1.82) is 0 Å². The predicted molar refractivity (Wildman–Crippen MR) is 50.4 cm³/mol. The van der Waals surface area contributed by atoms with Crippen molar-refractivity contribution in [2.75, 3.05) is 6.54 Å². The Balaban J connectivity index is 2.49. The Labute approximate surface area is 84.1 Å². The monoisotopic (exact) mass is 247 g/mol. The van der Waals surface area contributed by atoms with Crippen LogP contribution in [0.15, 0.2) is 21.4 Å². The van der Waals surface area contributed by atoms with E-state index in [1.165, 1.54) is 6.26 Å². The summed E-state index contributed by atoms with van der Waals surface area (Å²) in [6.07, 6.45) is 0.806.